The van der Waals surface area contributed by atoms with E-state index in [1.807, 2.05) is 0 Å². The highest BCUT2D eigenvalue weighted by Crippen LogP contribution is 2.18. The zero-order valence-corrected chi connectivity index (χ0v) is 15.6. The summed E-state index contributed by atoms with van der Waals surface area (Å²) in [7, 11) is 0. The maximum absolute atomic E-state index is 13.6. The van der Waals surface area contributed by atoms with Gasteiger partial charge >= 0.3 is 0 Å². The van der Waals surface area contributed by atoms with Gasteiger partial charge in [-0.05, 0) is 43.3 Å². The van der Waals surface area contributed by atoms with Gasteiger partial charge in [0.05, 0.1) is 5.69 Å². The molecule has 0 saturated carbocycles. The Bertz CT molecular complexity index is 1050. The lowest BCUT2D eigenvalue weighted by Gasteiger charge is -2.12. The van der Waals surface area contributed by atoms with Gasteiger partial charge in [0.15, 0.2) is 5.69 Å². The maximum atomic E-state index is 13.6. The molecule has 0 spiro atoms. The van der Waals surface area contributed by atoms with Crippen LogP contribution in [-0.2, 0) is 19.5 Å². The Morgan fingerprint density at radius 2 is 1.86 bits per heavy atom. The van der Waals surface area contributed by atoms with Crippen molar-refractivity contribution in [2.24, 2.45) is 0 Å². The number of hydrogen-bond donors (Lipinski definition) is 4. The molecular weight excluding hydrogens is 373 g/mol. The van der Waals surface area contributed by atoms with Crippen LogP contribution in [0.4, 0.5) is 10.1 Å². The van der Waals surface area contributed by atoms with Crippen LogP contribution in [0.15, 0.2) is 48.5 Å². The van der Waals surface area contributed by atoms with Gasteiger partial charge < -0.3 is 16.0 Å². The van der Waals surface area contributed by atoms with Crippen LogP contribution in [0.1, 0.15) is 37.7 Å². The molecule has 4 rings (SSSR count). The number of aromatic amines is 1. The van der Waals surface area contributed by atoms with Crippen molar-refractivity contribution in [1.29, 1.82) is 0 Å². The highest BCUT2D eigenvalue weighted by molar-refractivity contribution is 6.04. The molecule has 1 aliphatic rings. The van der Waals surface area contributed by atoms with E-state index in [1.165, 1.54) is 6.07 Å². The Kier molecular flexibility index (Phi) is 5.35. The first kappa shape index (κ1) is 18.8. The highest BCUT2D eigenvalue weighted by atomic mass is 19.1. The molecule has 0 aliphatic carbocycles. The van der Waals surface area contributed by atoms with E-state index in [0.29, 0.717) is 29.1 Å². The number of H-pyrrole nitrogens is 1. The fourth-order valence-electron chi connectivity index (χ4n) is 3.25. The molecule has 2 amide bonds. The predicted molar refractivity (Wildman–Crippen MR) is 106 cm³/mol. The minimum Gasteiger partial charge on any atom is -0.348 e. The van der Waals surface area contributed by atoms with Gasteiger partial charge in [-0.1, -0.05) is 18.2 Å². The molecule has 8 heteroatoms. The lowest BCUT2D eigenvalue weighted by molar-refractivity contribution is 0.0950. The van der Waals surface area contributed by atoms with Crippen LogP contribution in [0.3, 0.4) is 0 Å². The van der Waals surface area contributed by atoms with Crippen molar-refractivity contribution >= 4 is 17.5 Å². The molecule has 3 aromatic rings. The summed E-state index contributed by atoms with van der Waals surface area (Å²) in [6.07, 6.45) is 0.746. The minimum absolute atomic E-state index is 0.100. The summed E-state index contributed by atoms with van der Waals surface area (Å²) >= 11 is 0. The monoisotopic (exact) mass is 393 g/mol. The Morgan fingerprint density at radius 1 is 1.07 bits per heavy atom. The van der Waals surface area contributed by atoms with Crippen molar-refractivity contribution in [1.82, 2.24) is 20.8 Å². The number of halogens is 1. The molecule has 1 aliphatic heterocycles. The van der Waals surface area contributed by atoms with Gasteiger partial charge in [0.2, 0.25) is 0 Å². The van der Waals surface area contributed by atoms with Crippen molar-refractivity contribution in [2.45, 2.75) is 19.5 Å². The van der Waals surface area contributed by atoms with Gasteiger partial charge in [-0.15, -0.1) is 0 Å². The normalized spacial score (nSPS) is 12.9. The Morgan fingerprint density at radius 3 is 2.66 bits per heavy atom. The summed E-state index contributed by atoms with van der Waals surface area (Å²) < 4.78 is 13.6. The fourth-order valence-corrected chi connectivity index (χ4v) is 3.25. The molecule has 1 aromatic heterocycles. The van der Waals surface area contributed by atoms with Crippen molar-refractivity contribution in [2.75, 3.05) is 11.9 Å². The average molecular weight is 393 g/mol. The molecule has 0 atom stereocenters. The molecule has 0 bridgehead atoms. The summed E-state index contributed by atoms with van der Waals surface area (Å²) in [4.78, 5) is 24.8. The number of carbonyl (C=O) groups is 2. The van der Waals surface area contributed by atoms with Crippen molar-refractivity contribution in [3.63, 3.8) is 0 Å². The van der Waals surface area contributed by atoms with Crippen LogP contribution < -0.4 is 16.0 Å². The van der Waals surface area contributed by atoms with Crippen molar-refractivity contribution in [3.05, 3.63) is 82.4 Å². The van der Waals surface area contributed by atoms with Crippen molar-refractivity contribution < 1.29 is 14.0 Å². The van der Waals surface area contributed by atoms with Crippen LogP contribution in [-0.4, -0.2) is 28.6 Å². The van der Waals surface area contributed by atoms with E-state index in [9.17, 15) is 14.0 Å². The number of amides is 2. The van der Waals surface area contributed by atoms with E-state index in [-0.39, 0.29) is 24.2 Å². The second-order valence-electron chi connectivity index (χ2n) is 6.76. The number of nitrogens with zero attached hydrogens (tertiary/aromatic N) is 1. The molecule has 0 fully saturated rings. The average Bonchev–Trinajstić information content (AvgIpc) is 3.18. The van der Waals surface area contributed by atoms with E-state index in [2.05, 4.69) is 26.1 Å². The molecule has 2 aromatic carbocycles. The number of benzene rings is 2. The Balaban J connectivity index is 1.37. The van der Waals surface area contributed by atoms with Crippen LogP contribution in [0.2, 0.25) is 0 Å². The molecule has 0 unspecified atom stereocenters. The molecule has 4 N–H and O–H groups in total. The van der Waals surface area contributed by atoms with Gasteiger partial charge in [0, 0.05) is 35.5 Å². The lowest BCUT2D eigenvalue weighted by atomic mass is 10.1. The molecule has 148 valence electrons. The number of hydrogen-bond acceptors (Lipinski definition) is 4. The summed E-state index contributed by atoms with van der Waals surface area (Å²) in [5, 5.41) is 15.7. The van der Waals surface area contributed by atoms with Gasteiger partial charge in [0.25, 0.3) is 11.8 Å². The fraction of sp³-hybridized carbons (Fsp3) is 0.190. The van der Waals surface area contributed by atoms with Crippen LogP contribution in [0.25, 0.3) is 0 Å². The van der Waals surface area contributed by atoms with Crippen LogP contribution in [0.5, 0.6) is 0 Å². The Hall–Kier alpha value is -3.52. The van der Waals surface area contributed by atoms with E-state index in [0.717, 1.165) is 24.2 Å². The third-order valence-corrected chi connectivity index (χ3v) is 4.82. The highest BCUT2D eigenvalue weighted by Gasteiger charge is 2.21. The van der Waals surface area contributed by atoms with Crippen LogP contribution in [0, 0.1) is 5.82 Å². The first-order chi connectivity index (χ1) is 14.1. The summed E-state index contributed by atoms with van der Waals surface area (Å²) in [5.41, 5.74) is 3.66. The van der Waals surface area contributed by atoms with Gasteiger partial charge in [-0.2, -0.15) is 5.10 Å². The number of nitrogens with one attached hydrogen (secondary N) is 4. The third-order valence-electron chi connectivity index (χ3n) is 4.82. The number of rotatable bonds is 5. The number of fused-ring (bicyclic) bond motifs is 1. The third kappa shape index (κ3) is 4.17. The van der Waals surface area contributed by atoms with E-state index >= 15 is 0 Å². The summed E-state index contributed by atoms with van der Waals surface area (Å²) in [5.74, 6) is -0.969. The quantitative estimate of drug-likeness (QED) is 0.535. The van der Waals surface area contributed by atoms with Gasteiger partial charge in [-0.3, -0.25) is 14.7 Å². The summed E-state index contributed by atoms with van der Waals surface area (Å²) in [6.45, 7) is 1.58. The van der Waals surface area contributed by atoms with Gasteiger partial charge in [0.1, 0.15) is 5.82 Å². The summed E-state index contributed by atoms with van der Waals surface area (Å²) in [6, 6.07) is 12.8. The minimum atomic E-state index is -0.359. The SMILES string of the molecule is O=C(NCc1ccccc1F)c1ccc(NC(=O)c2n[nH]c3c2CCNC3)cc1. The van der Waals surface area contributed by atoms with Crippen LogP contribution >= 0.6 is 0 Å². The number of anilines is 1. The zero-order chi connectivity index (χ0) is 20.2. The van der Waals surface area contributed by atoms with E-state index in [1.54, 1.807) is 42.5 Å². The molecule has 0 saturated heterocycles. The molecular formula is C21H20FN5O2. The van der Waals surface area contributed by atoms with E-state index < -0.39 is 0 Å². The van der Waals surface area contributed by atoms with Gasteiger partial charge in [-0.25, -0.2) is 4.39 Å². The standard InChI is InChI=1S/C21H20FN5O2/c22-17-4-2-1-3-14(17)11-24-20(28)13-5-7-15(8-6-13)25-21(29)19-16-9-10-23-12-18(16)26-27-19/h1-8,23H,9-12H2,(H,24,28)(H,25,29)(H,26,27). The second kappa shape index (κ2) is 8.24. The number of carbonyl (C=O) groups excluding carboxylic acids is 2. The zero-order valence-electron chi connectivity index (χ0n) is 15.6. The lowest BCUT2D eigenvalue weighted by Crippen LogP contribution is -2.25. The Labute approximate surface area is 166 Å². The smallest absolute Gasteiger partial charge is 0.276 e. The van der Waals surface area contributed by atoms with Crippen molar-refractivity contribution in [3.8, 4) is 0 Å². The first-order valence-electron chi connectivity index (χ1n) is 9.31. The largest absolute Gasteiger partial charge is 0.348 e. The topological polar surface area (TPSA) is 98.9 Å². The number of aromatic nitrogens is 2. The first-order valence-corrected chi connectivity index (χ1v) is 9.31. The second-order valence-corrected chi connectivity index (χ2v) is 6.76. The van der Waals surface area contributed by atoms with E-state index in [4.69, 9.17) is 0 Å². The molecule has 2 heterocycles. The molecule has 0 radical (unpaired) electrons. The molecule has 7 nitrogen and oxygen atoms in total. The predicted octanol–water partition coefficient (Wildman–Crippen LogP) is 2.38. The molecule has 29 heavy (non-hydrogen) atoms. The maximum Gasteiger partial charge on any atom is 0.276 e.